The zero-order chi connectivity index (χ0) is 26.0. The Labute approximate surface area is 221 Å². The normalized spacial score (nSPS) is 51.7. The van der Waals surface area contributed by atoms with Crippen molar-refractivity contribution in [3.63, 3.8) is 0 Å². The molecule has 37 heavy (non-hydrogen) atoms. The van der Waals surface area contributed by atoms with Crippen LogP contribution in [0.5, 0.6) is 0 Å². The highest BCUT2D eigenvalue weighted by molar-refractivity contribution is 5.88. The molecule has 12 atom stereocenters. The molecule has 1 aromatic carbocycles. The Morgan fingerprint density at radius 2 is 1.97 bits per heavy atom. The molecule has 0 heterocycles. The van der Waals surface area contributed by atoms with E-state index in [1.54, 1.807) is 7.11 Å². The molecule has 7 rings (SSSR count). The summed E-state index contributed by atoms with van der Waals surface area (Å²) in [6.07, 6.45) is 8.21. The van der Waals surface area contributed by atoms with Gasteiger partial charge in [0.05, 0.1) is 18.1 Å². The van der Waals surface area contributed by atoms with E-state index in [0.717, 1.165) is 30.4 Å². The maximum Gasteiger partial charge on any atom is 0.141 e. The molecule has 5 nitrogen and oxygen atoms in total. The molecule has 6 aliphatic rings. The van der Waals surface area contributed by atoms with Gasteiger partial charge < -0.3 is 20.3 Å². The zero-order valence-electron chi connectivity index (χ0n) is 23.0. The molecule has 6 saturated carbocycles. The number of benzene rings is 1. The average molecular weight is 508 g/mol. The second-order valence-corrected chi connectivity index (χ2v) is 14.5. The minimum atomic E-state index is -1.02. The van der Waals surface area contributed by atoms with Gasteiger partial charge in [0, 0.05) is 31.2 Å². The Balaban J connectivity index is 1.23. The molecule has 0 aliphatic heterocycles. The number of hydrogen-bond donors (Lipinski definition) is 3. The number of carbonyl (C=O) groups is 1. The van der Waals surface area contributed by atoms with Gasteiger partial charge >= 0.3 is 0 Å². The highest BCUT2D eigenvalue weighted by Gasteiger charge is 2.88. The number of Topliss-reactive ketones (excluding diaryl/α,β-unsaturated/α-hetero) is 1. The van der Waals surface area contributed by atoms with Gasteiger partial charge in [-0.3, -0.25) is 4.79 Å². The third kappa shape index (κ3) is 2.79. The number of fused-ring (bicyclic) bond motifs is 3. The number of anilines is 1. The number of hydrogen-bond acceptors (Lipinski definition) is 5. The lowest BCUT2D eigenvalue weighted by Crippen LogP contribution is -2.60. The van der Waals surface area contributed by atoms with Gasteiger partial charge in [-0.1, -0.05) is 26.0 Å². The summed E-state index contributed by atoms with van der Waals surface area (Å²) in [6, 6.07) is 8.77. The standard InChI is InChI=1S/C32H45NO4/c1-18(34)17-33-24-7-5-6-19(11-24)10-21-16-31-15-20(21)8-9-23(31)12-22-14-29(2)30(31,3)27(22)28-25(35)13-26(37-4)32(28,29)36/h5-7,11,18,20-23,26-28,33-34,36H,8-10,12-17H2,1-4H3. The van der Waals surface area contributed by atoms with E-state index in [1.165, 1.54) is 37.7 Å². The molecule has 0 radical (unpaired) electrons. The lowest BCUT2D eigenvalue weighted by molar-refractivity contribution is -0.192. The molecule has 6 aliphatic carbocycles. The first-order valence-corrected chi connectivity index (χ1v) is 14.9. The summed E-state index contributed by atoms with van der Waals surface area (Å²) in [4.78, 5) is 13.5. The lowest BCUT2D eigenvalue weighted by Gasteiger charge is -2.61. The number of aliphatic hydroxyl groups is 2. The molecule has 0 saturated heterocycles. The molecule has 6 fully saturated rings. The van der Waals surface area contributed by atoms with Crippen LogP contribution in [0.4, 0.5) is 5.69 Å². The quantitative estimate of drug-likeness (QED) is 0.513. The minimum absolute atomic E-state index is 0.0199. The van der Waals surface area contributed by atoms with Crippen molar-refractivity contribution in [3.8, 4) is 0 Å². The first-order valence-electron chi connectivity index (χ1n) is 14.9. The molecule has 12 unspecified atom stereocenters. The summed E-state index contributed by atoms with van der Waals surface area (Å²) in [5.74, 6) is 3.00. The van der Waals surface area contributed by atoms with Crippen molar-refractivity contribution in [2.45, 2.75) is 89.9 Å². The predicted molar refractivity (Wildman–Crippen MR) is 143 cm³/mol. The summed E-state index contributed by atoms with van der Waals surface area (Å²) in [6.45, 7) is 7.25. The molecule has 1 spiro atoms. The lowest BCUT2D eigenvalue weighted by atomic mass is 9.43. The molecule has 1 aromatic rings. The Hall–Kier alpha value is -1.43. The van der Waals surface area contributed by atoms with E-state index in [1.807, 2.05) is 6.92 Å². The fraction of sp³-hybridized carbons (Fsp3) is 0.781. The van der Waals surface area contributed by atoms with Crippen LogP contribution < -0.4 is 5.32 Å². The summed E-state index contributed by atoms with van der Waals surface area (Å²) in [5.41, 5.74) is 1.37. The second kappa shape index (κ2) is 7.82. The highest BCUT2D eigenvalue weighted by atomic mass is 16.5. The van der Waals surface area contributed by atoms with E-state index in [-0.39, 0.29) is 40.2 Å². The second-order valence-electron chi connectivity index (χ2n) is 14.5. The molecule has 5 heteroatoms. The van der Waals surface area contributed by atoms with Gasteiger partial charge in [0.2, 0.25) is 0 Å². The Kier molecular flexibility index (Phi) is 5.20. The van der Waals surface area contributed by atoms with Crippen molar-refractivity contribution >= 4 is 11.5 Å². The monoisotopic (exact) mass is 507 g/mol. The molecule has 0 amide bonds. The van der Waals surface area contributed by atoms with Crippen LogP contribution in [-0.2, 0) is 16.0 Å². The van der Waals surface area contributed by atoms with Crippen molar-refractivity contribution in [1.82, 2.24) is 0 Å². The fourth-order valence-electron chi connectivity index (χ4n) is 12.2. The van der Waals surface area contributed by atoms with E-state index < -0.39 is 5.60 Å². The number of ether oxygens (including phenoxy) is 1. The third-order valence-corrected chi connectivity index (χ3v) is 13.5. The van der Waals surface area contributed by atoms with Crippen LogP contribution in [0.15, 0.2) is 24.3 Å². The summed E-state index contributed by atoms with van der Waals surface area (Å²) in [7, 11) is 1.69. The number of rotatable bonds is 6. The van der Waals surface area contributed by atoms with Gasteiger partial charge in [-0.05, 0) is 110 Å². The highest BCUT2D eigenvalue weighted by Crippen LogP contribution is 2.88. The Morgan fingerprint density at radius 3 is 2.73 bits per heavy atom. The largest absolute Gasteiger partial charge is 0.392 e. The Morgan fingerprint density at radius 1 is 1.16 bits per heavy atom. The van der Waals surface area contributed by atoms with Gasteiger partial charge in [-0.25, -0.2) is 0 Å². The van der Waals surface area contributed by atoms with Crippen molar-refractivity contribution < 1.29 is 19.7 Å². The maximum atomic E-state index is 13.5. The SMILES string of the molecule is COC1CC(=O)C2C3C4CC5CCC6CC5(CC6Cc5cccc(NCC(C)O)c5)C3(C)C(C)(C4)C12O. The summed E-state index contributed by atoms with van der Waals surface area (Å²) in [5, 5.41) is 25.5. The van der Waals surface area contributed by atoms with E-state index in [2.05, 4.69) is 43.4 Å². The third-order valence-electron chi connectivity index (χ3n) is 13.5. The predicted octanol–water partition coefficient (Wildman–Crippen LogP) is 4.85. The molecule has 6 bridgehead atoms. The van der Waals surface area contributed by atoms with E-state index in [4.69, 9.17) is 4.74 Å². The van der Waals surface area contributed by atoms with Crippen LogP contribution >= 0.6 is 0 Å². The van der Waals surface area contributed by atoms with Gasteiger partial charge in [0.1, 0.15) is 11.4 Å². The summed E-state index contributed by atoms with van der Waals surface area (Å²) >= 11 is 0. The maximum absolute atomic E-state index is 13.5. The average Bonchev–Trinajstić information content (AvgIpc) is 3.42. The van der Waals surface area contributed by atoms with Crippen molar-refractivity contribution in [2.24, 2.45) is 51.8 Å². The molecule has 0 aromatic heterocycles. The molecule has 202 valence electrons. The van der Waals surface area contributed by atoms with Crippen molar-refractivity contribution in [3.05, 3.63) is 29.8 Å². The van der Waals surface area contributed by atoms with Crippen molar-refractivity contribution in [2.75, 3.05) is 19.0 Å². The number of aliphatic hydroxyl groups excluding tert-OH is 1. The Bertz CT molecular complexity index is 1120. The van der Waals surface area contributed by atoms with Crippen LogP contribution in [0.3, 0.4) is 0 Å². The first kappa shape index (κ1) is 24.6. The summed E-state index contributed by atoms with van der Waals surface area (Å²) < 4.78 is 5.88. The molecular weight excluding hydrogens is 462 g/mol. The number of methoxy groups -OCH3 is 1. The van der Waals surface area contributed by atoms with Gasteiger partial charge in [-0.15, -0.1) is 0 Å². The van der Waals surface area contributed by atoms with Crippen LogP contribution in [-0.4, -0.2) is 47.5 Å². The topological polar surface area (TPSA) is 78.8 Å². The van der Waals surface area contributed by atoms with E-state index >= 15 is 0 Å². The first-order chi connectivity index (χ1) is 17.6. The number of nitrogens with one attached hydrogen (secondary N) is 1. The van der Waals surface area contributed by atoms with E-state index in [0.29, 0.717) is 30.7 Å². The molecular formula is C32H45NO4. The van der Waals surface area contributed by atoms with Gasteiger partial charge in [0.25, 0.3) is 0 Å². The van der Waals surface area contributed by atoms with Crippen molar-refractivity contribution in [1.29, 1.82) is 0 Å². The van der Waals surface area contributed by atoms with Crippen LogP contribution in [0.2, 0.25) is 0 Å². The van der Waals surface area contributed by atoms with Gasteiger partial charge in [-0.2, -0.15) is 0 Å². The number of ketones is 1. The van der Waals surface area contributed by atoms with Crippen LogP contribution in [0.25, 0.3) is 0 Å². The molecule has 3 N–H and O–H groups in total. The smallest absolute Gasteiger partial charge is 0.141 e. The van der Waals surface area contributed by atoms with Crippen LogP contribution in [0.1, 0.15) is 71.3 Å². The minimum Gasteiger partial charge on any atom is -0.392 e. The van der Waals surface area contributed by atoms with E-state index in [9.17, 15) is 15.0 Å². The van der Waals surface area contributed by atoms with Gasteiger partial charge in [0.15, 0.2) is 0 Å². The number of carbonyl (C=O) groups excluding carboxylic acids is 1. The fourth-order valence-corrected chi connectivity index (χ4v) is 12.2. The zero-order valence-corrected chi connectivity index (χ0v) is 23.0. The van der Waals surface area contributed by atoms with Crippen LogP contribution in [0, 0.1) is 51.8 Å².